The van der Waals surface area contributed by atoms with Crippen molar-refractivity contribution < 1.29 is 8.42 Å². The summed E-state index contributed by atoms with van der Waals surface area (Å²) < 4.78 is 26.7. The van der Waals surface area contributed by atoms with Gasteiger partial charge in [-0.25, -0.2) is 12.7 Å². The van der Waals surface area contributed by atoms with E-state index in [-0.39, 0.29) is 5.25 Å². The maximum atomic E-state index is 12.5. The minimum Gasteiger partial charge on any atom is -0.212 e. The van der Waals surface area contributed by atoms with Crippen molar-refractivity contribution in [3.63, 3.8) is 0 Å². The van der Waals surface area contributed by atoms with E-state index in [1.54, 1.807) is 4.31 Å². The Morgan fingerprint density at radius 2 is 1.82 bits per heavy atom. The average Bonchev–Trinajstić information content (AvgIpc) is 2.80. The molecule has 0 spiro atoms. The summed E-state index contributed by atoms with van der Waals surface area (Å²) >= 11 is 3.44. The molecule has 0 N–H and O–H groups in total. The molecule has 2 fully saturated rings. The Morgan fingerprint density at radius 1 is 1.12 bits per heavy atom. The summed E-state index contributed by atoms with van der Waals surface area (Å²) in [6.07, 6.45) is 7.27. The van der Waals surface area contributed by atoms with Gasteiger partial charge in [0, 0.05) is 18.4 Å². The molecule has 1 aliphatic carbocycles. The molecule has 0 bridgehead atoms. The lowest BCUT2D eigenvalue weighted by Crippen LogP contribution is -2.38. The lowest BCUT2D eigenvalue weighted by Gasteiger charge is -2.27. The first-order valence-corrected chi connectivity index (χ1v) is 9.32. The van der Waals surface area contributed by atoms with Crippen LogP contribution in [0.5, 0.6) is 0 Å². The first-order valence-electron chi connectivity index (χ1n) is 6.69. The summed E-state index contributed by atoms with van der Waals surface area (Å²) in [5.41, 5.74) is 0. The van der Waals surface area contributed by atoms with Gasteiger partial charge in [0.05, 0.1) is 5.25 Å². The molecule has 100 valence electrons. The summed E-state index contributed by atoms with van der Waals surface area (Å²) in [6.45, 7) is 1.50. The van der Waals surface area contributed by atoms with E-state index < -0.39 is 10.0 Å². The van der Waals surface area contributed by atoms with Gasteiger partial charge in [-0.15, -0.1) is 0 Å². The topological polar surface area (TPSA) is 37.4 Å². The van der Waals surface area contributed by atoms with Gasteiger partial charge in [-0.05, 0) is 31.6 Å². The molecule has 0 radical (unpaired) electrons. The molecule has 5 heteroatoms. The molecule has 1 saturated heterocycles. The molecule has 0 aromatic carbocycles. The van der Waals surface area contributed by atoms with Gasteiger partial charge in [0.2, 0.25) is 10.0 Å². The lowest BCUT2D eigenvalue weighted by molar-refractivity contribution is 0.418. The van der Waals surface area contributed by atoms with Gasteiger partial charge in [0.25, 0.3) is 0 Å². The fourth-order valence-electron chi connectivity index (χ4n) is 2.99. The van der Waals surface area contributed by atoms with E-state index in [1.165, 1.54) is 6.42 Å². The van der Waals surface area contributed by atoms with Crippen LogP contribution in [0.4, 0.5) is 0 Å². The molecule has 0 aromatic rings. The molecule has 2 rings (SSSR count). The molecule has 1 aliphatic heterocycles. The van der Waals surface area contributed by atoms with E-state index in [2.05, 4.69) is 15.9 Å². The van der Waals surface area contributed by atoms with Crippen LogP contribution in [0.25, 0.3) is 0 Å². The SMILES string of the molecule is O=S(=O)(C1CCCCC1)N1CCC(CCBr)C1. The standard InChI is InChI=1S/C12H22BrNO2S/c13-8-6-11-7-9-14(10-11)17(15,16)12-4-2-1-3-5-12/h11-12H,1-10H2. The van der Waals surface area contributed by atoms with E-state index in [1.807, 2.05) is 0 Å². The maximum absolute atomic E-state index is 12.5. The minimum absolute atomic E-state index is 0.0843. The Hall–Kier alpha value is 0.390. The first kappa shape index (κ1) is 13.8. The molecule has 1 saturated carbocycles. The zero-order valence-corrected chi connectivity index (χ0v) is 12.7. The molecule has 0 amide bonds. The van der Waals surface area contributed by atoms with Crippen LogP contribution in [-0.4, -0.2) is 36.4 Å². The van der Waals surface area contributed by atoms with E-state index in [4.69, 9.17) is 0 Å². The smallest absolute Gasteiger partial charge is 0.212 e. The third-order valence-corrected chi connectivity index (χ3v) is 6.92. The number of hydrogen-bond acceptors (Lipinski definition) is 2. The average molecular weight is 324 g/mol. The van der Waals surface area contributed by atoms with Crippen molar-refractivity contribution in [3.05, 3.63) is 0 Å². The molecule has 1 heterocycles. The highest BCUT2D eigenvalue weighted by atomic mass is 79.9. The van der Waals surface area contributed by atoms with Crippen molar-refractivity contribution in [2.75, 3.05) is 18.4 Å². The molecular formula is C12H22BrNO2S. The van der Waals surface area contributed by atoms with Gasteiger partial charge in [0.1, 0.15) is 0 Å². The quantitative estimate of drug-likeness (QED) is 0.746. The maximum Gasteiger partial charge on any atom is 0.216 e. The molecule has 0 aromatic heterocycles. The summed E-state index contributed by atoms with van der Waals surface area (Å²) in [5, 5.41) is 0.897. The first-order chi connectivity index (χ1) is 8.14. The van der Waals surface area contributed by atoms with Crippen molar-refractivity contribution in [2.24, 2.45) is 5.92 Å². The van der Waals surface area contributed by atoms with E-state index in [0.29, 0.717) is 5.92 Å². The normalized spacial score (nSPS) is 28.6. The van der Waals surface area contributed by atoms with Gasteiger partial charge < -0.3 is 0 Å². The summed E-state index contributed by atoms with van der Waals surface area (Å²) in [4.78, 5) is 0. The summed E-state index contributed by atoms with van der Waals surface area (Å²) in [7, 11) is -2.99. The second-order valence-electron chi connectivity index (χ2n) is 5.30. The highest BCUT2D eigenvalue weighted by Gasteiger charge is 2.36. The van der Waals surface area contributed by atoms with Crippen LogP contribution in [0.15, 0.2) is 0 Å². The Kier molecular flexibility index (Phi) is 4.89. The highest BCUT2D eigenvalue weighted by Crippen LogP contribution is 2.30. The molecule has 1 atom stereocenters. The predicted molar refractivity (Wildman–Crippen MR) is 73.9 cm³/mol. The van der Waals surface area contributed by atoms with Crippen LogP contribution in [0.3, 0.4) is 0 Å². The monoisotopic (exact) mass is 323 g/mol. The van der Waals surface area contributed by atoms with E-state index in [9.17, 15) is 8.42 Å². The molecular weight excluding hydrogens is 302 g/mol. The van der Waals surface area contributed by atoms with Crippen molar-refractivity contribution in [2.45, 2.75) is 50.2 Å². The van der Waals surface area contributed by atoms with Gasteiger partial charge in [0.15, 0.2) is 0 Å². The van der Waals surface area contributed by atoms with E-state index >= 15 is 0 Å². The number of alkyl halides is 1. The van der Waals surface area contributed by atoms with Crippen LogP contribution in [0.2, 0.25) is 0 Å². The second-order valence-corrected chi connectivity index (χ2v) is 8.30. The van der Waals surface area contributed by atoms with E-state index in [0.717, 1.165) is 56.9 Å². The Balaban J connectivity index is 1.96. The number of sulfonamides is 1. The highest BCUT2D eigenvalue weighted by molar-refractivity contribution is 9.09. The number of rotatable bonds is 4. The number of hydrogen-bond donors (Lipinski definition) is 0. The van der Waals surface area contributed by atoms with Crippen LogP contribution in [0, 0.1) is 5.92 Å². The van der Waals surface area contributed by atoms with Crippen molar-refractivity contribution in [1.29, 1.82) is 0 Å². The Labute approximate surface area is 113 Å². The van der Waals surface area contributed by atoms with Gasteiger partial charge in [-0.1, -0.05) is 35.2 Å². The zero-order chi connectivity index (χ0) is 12.3. The number of halogens is 1. The second kappa shape index (κ2) is 6.02. The summed E-state index contributed by atoms with van der Waals surface area (Å²) in [6, 6.07) is 0. The third-order valence-electron chi connectivity index (χ3n) is 4.10. The fourth-order valence-corrected chi connectivity index (χ4v) is 5.77. The van der Waals surface area contributed by atoms with Gasteiger partial charge in [-0.3, -0.25) is 0 Å². The Bertz CT molecular complexity index is 338. The van der Waals surface area contributed by atoms with Gasteiger partial charge >= 0.3 is 0 Å². The predicted octanol–water partition coefficient (Wildman–Crippen LogP) is 2.76. The molecule has 1 unspecified atom stereocenters. The van der Waals surface area contributed by atoms with Crippen LogP contribution < -0.4 is 0 Å². The van der Waals surface area contributed by atoms with Crippen molar-refractivity contribution in [1.82, 2.24) is 4.31 Å². The third kappa shape index (κ3) is 3.24. The lowest BCUT2D eigenvalue weighted by atomic mass is 10.0. The Morgan fingerprint density at radius 3 is 2.47 bits per heavy atom. The van der Waals surface area contributed by atoms with Gasteiger partial charge in [-0.2, -0.15) is 0 Å². The van der Waals surface area contributed by atoms with Crippen LogP contribution in [-0.2, 0) is 10.0 Å². The van der Waals surface area contributed by atoms with Crippen molar-refractivity contribution in [3.8, 4) is 0 Å². The molecule has 2 aliphatic rings. The fraction of sp³-hybridized carbons (Fsp3) is 1.00. The molecule has 3 nitrogen and oxygen atoms in total. The van der Waals surface area contributed by atoms with Crippen LogP contribution >= 0.6 is 15.9 Å². The molecule has 17 heavy (non-hydrogen) atoms. The minimum atomic E-state index is -2.99. The van der Waals surface area contributed by atoms with Crippen molar-refractivity contribution >= 4 is 26.0 Å². The zero-order valence-electron chi connectivity index (χ0n) is 10.3. The largest absolute Gasteiger partial charge is 0.216 e. The van der Waals surface area contributed by atoms with Crippen LogP contribution in [0.1, 0.15) is 44.9 Å². The number of nitrogens with zero attached hydrogens (tertiary/aromatic N) is 1. The summed E-state index contributed by atoms with van der Waals surface area (Å²) in [5.74, 6) is 0.563.